The number of benzene rings is 3. The van der Waals surface area contributed by atoms with Crippen LogP contribution in [0.2, 0.25) is 0 Å². The molecule has 0 heterocycles. The van der Waals surface area contributed by atoms with Crippen molar-refractivity contribution >= 4 is 11.7 Å². The molecule has 0 saturated heterocycles. The molecular formula is C29H31NO5. The summed E-state index contributed by atoms with van der Waals surface area (Å²) in [6, 6.07) is 18.5. The van der Waals surface area contributed by atoms with Crippen molar-refractivity contribution in [2.45, 2.75) is 50.9 Å². The van der Waals surface area contributed by atoms with Gasteiger partial charge in [-0.3, -0.25) is 0 Å². The molecule has 0 unspecified atom stereocenters. The topological polar surface area (TPSA) is 77.0 Å². The first-order valence-electron chi connectivity index (χ1n) is 12.0. The van der Waals surface area contributed by atoms with Crippen LogP contribution in [-0.4, -0.2) is 36.9 Å². The van der Waals surface area contributed by atoms with Crippen molar-refractivity contribution in [2.24, 2.45) is 0 Å². The molecule has 35 heavy (non-hydrogen) atoms. The van der Waals surface area contributed by atoms with E-state index < -0.39 is 11.5 Å². The second kappa shape index (κ2) is 9.27. The van der Waals surface area contributed by atoms with Crippen molar-refractivity contribution in [3.63, 3.8) is 0 Å². The molecule has 0 amide bonds. The van der Waals surface area contributed by atoms with Gasteiger partial charge in [0.25, 0.3) is 0 Å². The number of rotatable bonds is 9. The van der Waals surface area contributed by atoms with E-state index in [0.29, 0.717) is 19.4 Å². The van der Waals surface area contributed by atoms with Crippen LogP contribution in [-0.2, 0) is 29.0 Å². The van der Waals surface area contributed by atoms with Crippen molar-refractivity contribution in [1.29, 1.82) is 0 Å². The molecule has 3 aromatic carbocycles. The van der Waals surface area contributed by atoms with Crippen LogP contribution in [0.4, 0.5) is 5.69 Å². The number of hydrogen-bond acceptors (Lipinski definition) is 5. The first-order valence-corrected chi connectivity index (χ1v) is 12.0. The number of hydrogen-bond donors (Lipinski definition) is 2. The number of anilines is 1. The standard InChI is InChI=1S/C29H31NO5/c1-18-26(33-2)15-21(16-27(18)34-3)25-9-8-23(30-29(10-11-29)28(31)32)12-22(25)17-35-24-13-19-6-4-5-7-20(19)14-24/h4-9,12,15-16,24,30H,10-11,13-14,17H2,1-3H3,(H,31,32). The van der Waals surface area contributed by atoms with Gasteiger partial charge in [0, 0.05) is 11.3 Å². The van der Waals surface area contributed by atoms with Gasteiger partial charge in [0.2, 0.25) is 0 Å². The van der Waals surface area contributed by atoms with Crippen molar-refractivity contribution in [2.75, 3.05) is 19.5 Å². The SMILES string of the molecule is COc1cc(-c2ccc(NC3(C(=O)O)CC3)cc2COC2Cc3ccccc3C2)cc(OC)c1C. The molecule has 1 fully saturated rings. The van der Waals surface area contributed by atoms with Gasteiger partial charge in [-0.25, -0.2) is 4.79 Å². The van der Waals surface area contributed by atoms with E-state index >= 15 is 0 Å². The Morgan fingerprint density at radius 1 is 1.00 bits per heavy atom. The van der Waals surface area contributed by atoms with Crippen molar-refractivity contribution in [3.8, 4) is 22.6 Å². The summed E-state index contributed by atoms with van der Waals surface area (Å²) >= 11 is 0. The summed E-state index contributed by atoms with van der Waals surface area (Å²) in [5.41, 5.74) is 6.51. The zero-order valence-electron chi connectivity index (χ0n) is 20.4. The van der Waals surface area contributed by atoms with Crippen LogP contribution in [0.25, 0.3) is 11.1 Å². The van der Waals surface area contributed by atoms with E-state index in [1.807, 2.05) is 37.3 Å². The lowest BCUT2D eigenvalue weighted by Crippen LogP contribution is -2.31. The summed E-state index contributed by atoms with van der Waals surface area (Å²) in [6.45, 7) is 2.39. The lowest BCUT2D eigenvalue weighted by Gasteiger charge is -2.20. The first kappa shape index (κ1) is 23.2. The molecule has 0 aromatic heterocycles. The highest BCUT2D eigenvalue weighted by Crippen LogP contribution is 2.41. The van der Waals surface area contributed by atoms with Crippen LogP contribution in [0.15, 0.2) is 54.6 Å². The van der Waals surface area contributed by atoms with Crippen molar-refractivity contribution in [3.05, 3.63) is 76.9 Å². The van der Waals surface area contributed by atoms with Gasteiger partial charge in [-0.2, -0.15) is 0 Å². The Labute approximate surface area is 205 Å². The third-order valence-electron chi connectivity index (χ3n) is 7.20. The molecular weight excluding hydrogens is 442 g/mol. The molecule has 6 heteroatoms. The zero-order chi connectivity index (χ0) is 24.6. The minimum Gasteiger partial charge on any atom is -0.496 e. The van der Waals surface area contributed by atoms with Gasteiger partial charge in [0.05, 0.1) is 26.9 Å². The number of methoxy groups -OCH3 is 2. The van der Waals surface area contributed by atoms with E-state index in [9.17, 15) is 9.90 Å². The van der Waals surface area contributed by atoms with Gasteiger partial charge in [0.1, 0.15) is 17.0 Å². The molecule has 0 aliphatic heterocycles. The monoisotopic (exact) mass is 473 g/mol. The quantitative estimate of drug-likeness (QED) is 0.434. The number of ether oxygens (including phenoxy) is 3. The molecule has 5 rings (SSSR count). The summed E-state index contributed by atoms with van der Waals surface area (Å²) in [7, 11) is 3.31. The van der Waals surface area contributed by atoms with Crippen molar-refractivity contribution in [1.82, 2.24) is 0 Å². The number of carbonyl (C=O) groups is 1. The van der Waals surface area contributed by atoms with Gasteiger partial charge in [0.15, 0.2) is 0 Å². The van der Waals surface area contributed by atoms with Gasteiger partial charge in [-0.05, 0) is 84.7 Å². The maximum atomic E-state index is 11.7. The first-order chi connectivity index (χ1) is 16.9. The maximum Gasteiger partial charge on any atom is 0.329 e. The molecule has 0 spiro atoms. The Hall–Kier alpha value is -3.51. The molecule has 3 aromatic rings. The molecule has 2 N–H and O–H groups in total. The van der Waals surface area contributed by atoms with Crippen LogP contribution in [0.3, 0.4) is 0 Å². The number of carboxylic acid groups (broad SMARTS) is 1. The summed E-state index contributed by atoms with van der Waals surface area (Å²) in [6.07, 6.45) is 3.17. The van der Waals surface area contributed by atoms with Crippen LogP contribution in [0.5, 0.6) is 11.5 Å². The molecule has 1 saturated carbocycles. The van der Waals surface area contributed by atoms with Gasteiger partial charge >= 0.3 is 5.97 Å². The number of carboxylic acids is 1. The summed E-state index contributed by atoms with van der Waals surface area (Å²) in [5, 5.41) is 12.9. The average molecular weight is 474 g/mol. The zero-order valence-corrected chi connectivity index (χ0v) is 20.4. The molecule has 0 bridgehead atoms. The highest BCUT2D eigenvalue weighted by Gasteiger charge is 2.50. The van der Waals surface area contributed by atoms with Gasteiger partial charge in [-0.15, -0.1) is 0 Å². The molecule has 2 aliphatic carbocycles. The van der Waals surface area contributed by atoms with E-state index in [1.54, 1.807) is 14.2 Å². The Bertz CT molecular complexity index is 1210. The molecule has 0 radical (unpaired) electrons. The van der Waals surface area contributed by atoms with E-state index in [-0.39, 0.29) is 6.10 Å². The number of aliphatic carboxylic acids is 1. The fraction of sp³-hybridized carbons (Fsp3) is 0.345. The van der Waals surface area contributed by atoms with E-state index in [4.69, 9.17) is 14.2 Å². The van der Waals surface area contributed by atoms with Gasteiger partial charge < -0.3 is 24.6 Å². The van der Waals surface area contributed by atoms with E-state index in [0.717, 1.165) is 52.3 Å². The Morgan fingerprint density at radius 2 is 1.63 bits per heavy atom. The lowest BCUT2D eigenvalue weighted by molar-refractivity contribution is -0.138. The summed E-state index contributed by atoms with van der Waals surface area (Å²) in [4.78, 5) is 11.7. The molecule has 2 aliphatic rings. The van der Waals surface area contributed by atoms with E-state index in [2.05, 4.69) is 29.6 Å². The fourth-order valence-corrected chi connectivity index (χ4v) is 4.95. The van der Waals surface area contributed by atoms with Crippen LogP contribution >= 0.6 is 0 Å². The Morgan fingerprint density at radius 3 is 2.17 bits per heavy atom. The minimum atomic E-state index is -0.858. The molecule has 182 valence electrons. The van der Waals surface area contributed by atoms with Crippen LogP contribution in [0, 0.1) is 6.92 Å². The molecule has 6 nitrogen and oxygen atoms in total. The Balaban J connectivity index is 1.46. The highest BCUT2D eigenvalue weighted by molar-refractivity contribution is 5.86. The highest BCUT2D eigenvalue weighted by atomic mass is 16.5. The maximum absolute atomic E-state index is 11.7. The van der Waals surface area contributed by atoms with Crippen LogP contribution < -0.4 is 14.8 Å². The predicted molar refractivity (Wildman–Crippen MR) is 135 cm³/mol. The predicted octanol–water partition coefficient (Wildman–Crippen LogP) is 5.39. The largest absolute Gasteiger partial charge is 0.496 e. The smallest absolute Gasteiger partial charge is 0.329 e. The summed E-state index contributed by atoms with van der Waals surface area (Å²) in [5.74, 6) is 0.695. The fourth-order valence-electron chi connectivity index (χ4n) is 4.95. The second-order valence-electron chi connectivity index (χ2n) is 9.50. The van der Waals surface area contributed by atoms with E-state index in [1.165, 1.54) is 11.1 Å². The second-order valence-corrected chi connectivity index (χ2v) is 9.50. The van der Waals surface area contributed by atoms with Crippen molar-refractivity contribution < 1.29 is 24.1 Å². The lowest BCUT2D eigenvalue weighted by atomic mass is 9.97. The number of fused-ring (bicyclic) bond motifs is 1. The van der Waals surface area contributed by atoms with Gasteiger partial charge in [-0.1, -0.05) is 30.3 Å². The number of nitrogens with one attached hydrogen (secondary N) is 1. The third kappa shape index (κ3) is 4.58. The third-order valence-corrected chi connectivity index (χ3v) is 7.20. The summed E-state index contributed by atoms with van der Waals surface area (Å²) < 4.78 is 17.6. The molecule has 0 atom stereocenters. The average Bonchev–Trinajstić information content (AvgIpc) is 3.53. The minimum absolute atomic E-state index is 0.118. The Kier molecular flexibility index (Phi) is 6.15. The normalized spacial score (nSPS) is 16.0. The van der Waals surface area contributed by atoms with Crippen LogP contribution in [0.1, 0.15) is 35.1 Å².